The Morgan fingerprint density at radius 2 is 1.35 bits per heavy atom. The number of likely N-dealkylation sites (tertiary alicyclic amines) is 1. The number of amides is 2. The third kappa shape index (κ3) is 7.56. The fourth-order valence-electron chi connectivity index (χ4n) is 5.17. The van der Waals surface area contributed by atoms with Gasteiger partial charge in [0.1, 0.15) is 18.2 Å². The van der Waals surface area contributed by atoms with Gasteiger partial charge in [0.25, 0.3) is 11.8 Å². The van der Waals surface area contributed by atoms with Crippen molar-refractivity contribution in [3.63, 3.8) is 0 Å². The van der Waals surface area contributed by atoms with E-state index in [1.54, 1.807) is 4.68 Å². The molecule has 5 aromatic rings. The van der Waals surface area contributed by atoms with Gasteiger partial charge in [0, 0.05) is 42.9 Å². The Balaban J connectivity index is 1.04. The topological polar surface area (TPSA) is 147 Å². The van der Waals surface area contributed by atoms with Gasteiger partial charge in [-0.15, -0.1) is 5.10 Å². The van der Waals surface area contributed by atoms with Crippen molar-refractivity contribution in [3.05, 3.63) is 78.6 Å². The molecule has 0 spiro atoms. The van der Waals surface area contributed by atoms with E-state index in [9.17, 15) is 9.59 Å². The van der Waals surface area contributed by atoms with Gasteiger partial charge < -0.3 is 29.3 Å². The molecule has 2 aromatic carbocycles. The van der Waals surface area contributed by atoms with Crippen LogP contribution in [0.3, 0.4) is 0 Å². The summed E-state index contributed by atoms with van der Waals surface area (Å²) >= 11 is 0. The summed E-state index contributed by atoms with van der Waals surface area (Å²) in [7, 11) is 3.89. The molecule has 1 aliphatic heterocycles. The number of benzene rings is 2. The number of aromatic nitrogens is 5. The molecule has 0 bridgehead atoms. The highest BCUT2D eigenvalue weighted by Gasteiger charge is 2.16. The minimum atomic E-state index is -0.275. The van der Waals surface area contributed by atoms with Gasteiger partial charge in [-0.1, -0.05) is 23.8 Å². The first kappa shape index (κ1) is 30.9. The Morgan fingerprint density at radius 3 is 1.96 bits per heavy atom. The minimum Gasteiger partial charge on any atom is -0.444 e. The molecular formula is C33H37N9O4. The van der Waals surface area contributed by atoms with Crippen molar-refractivity contribution in [2.75, 3.05) is 53.4 Å². The third-order valence-corrected chi connectivity index (χ3v) is 7.78. The molecule has 13 nitrogen and oxygen atoms in total. The fraction of sp³-hybridized carbons (Fsp3) is 0.333. The van der Waals surface area contributed by atoms with Gasteiger partial charge in [0.2, 0.25) is 11.8 Å². The summed E-state index contributed by atoms with van der Waals surface area (Å²) in [5, 5.41) is 14.4. The van der Waals surface area contributed by atoms with E-state index in [2.05, 4.69) is 35.8 Å². The Labute approximate surface area is 266 Å². The van der Waals surface area contributed by atoms with Crippen LogP contribution in [0.5, 0.6) is 0 Å². The van der Waals surface area contributed by atoms with E-state index < -0.39 is 0 Å². The lowest BCUT2D eigenvalue weighted by molar-refractivity contribution is 0.0935. The molecule has 2 amide bonds. The maximum absolute atomic E-state index is 12.6. The number of nitrogens with one attached hydrogen (secondary N) is 2. The lowest BCUT2D eigenvalue weighted by Gasteiger charge is -2.26. The van der Waals surface area contributed by atoms with Crippen LogP contribution in [0.15, 0.2) is 76.1 Å². The molecule has 2 N–H and O–H groups in total. The van der Waals surface area contributed by atoms with Crippen LogP contribution in [0.2, 0.25) is 0 Å². The van der Waals surface area contributed by atoms with Crippen LogP contribution in [-0.4, -0.2) is 99.9 Å². The average Bonchev–Trinajstić information content (AvgIpc) is 3.87. The Bertz CT molecular complexity index is 1750. The van der Waals surface area contributed by atoms with Crippen molar-refractivity contribution in [2.45, 2.75) is 19.3 Å². The second-order valence-electron chi connectivity index (χ2n) is 11.5. The van der Waals surface area contributed by atoms with Crippen LogP contribution < -0.4 is 10.6 Å². The van der Waals surface area contributed by atoms with Gasteiger partial charge in [-0.2, -0.15) is 0 Å². The molecule has 13 heteroatoms. The van der Waals surface area contributed by atoms with Gasteiger partial charge in [0.05, 0.1) is 11.9 Å². The Morgan fingerprint density at radius 1 is 0.783 bits per heavy atom. The number of piperidine rings is 1. The molecular weight excluding hydrogens is 586 g/mol. The first-order valence-corrected chi connectivity index (χ1v) is 15.4. The first-order valence-electron chi connectivity index (χ1n) is 15.4. The standard InChI is InChI=1S/C33H37N9O4/c1-40(2)18-14-34-30(43)28-21-46-33(37-28)25-10-12-26(13-11-25)42-20-27(38-39-42)23-6-8-24(9-7-23)32-36-29(22-45-32)31(44)35-15-19-41-16-4-3-5-17-41/h6-13,20-22H,3-5,14-19H2,1-2H3,(H,34,43)(H,35,44). The smallest absolute Gasteiger partial charge is 0.273 e. The van der Waals surface area contributed by atoms with Crippen molar-refractivity contribution in [3.8, 4) is 39.9 Å². The molecule has 3 aromatic heterocycles. The van der Waals surface area contributed by atoms with Gasteiger partial charge in [-0.05, 0) is 76.4 Å². The number of carbonyl (C=O) groups excluding carboxylic acids is 2. The van der Waals surface area contributed by atoms with Crippen molar-refractivity contribution >= 4 is 11.8 Å². The quantitative estimate of drug-likeness (QED) is 0.211. The van der Waals surface area contributed by atoms with E-state index in [4.69, 9.17) is 8.83 Å². The number of hydrogen-bond acceptors (Lipinski definition) is 10. The van der Waals surface area contributed by atoms with E-state index in [0.717, 1.165) is 48.6 Å². The largest absolute Gasteiger partial charge is 0.444 e. The van der Waals surface area contributed by atoms with Crippen LogP contribution >= 0.6 is 0 Å². The summed E-state index contributed by atoms with van der Waals surface area (Å²) in [4.78, 5) is 38.0. The molecule has 6 rings (SSSR count). The highest BCUT2D eigenvalue weighted by atomic mass is 16.3. The highest BCUT2D eigenvalue weighted by molar-refractivity contribution is 5.93. The van der Waals surface area contributed by atoms with Gasteiger partial charge >= 0.3 is 0 Å². The molecule has 0 unspecified atom stereocenters. The molecule has 1 fully saturated rings. The van der Waals surface area contributed by atoms with Gasteiger partial charge in [-0.3, -0.25) is 9.59 Å². The lowest BCUT2D eigenvalue weighted by Crippen LogP contribution is -2.37. The zero-order valence-electron chi connectivity index (χ0n) is 26.0. The highest BCUT2D eigenvalue weighted by Crippen LogP contribution is 2.25. The molecule has 46 heavy (non-hydrogen) atoms. The summed E-state index contributed by atoms with van der Waals surface area (Å²) < 4.78 is 12.8. The molecule has 0 aliphatic carbocycles. The second kappa shape index (κ2) is 14.3. The van der Waals surface area contributed by atoms with E-state index in [1.165, 1.54) is 31.8 Å². The number of nitrogens with zero attached hydrogens (tertiary/aromatic N) is 7. The average molecular weight is 624 g/mol. The number of likely N-dealkylation sites (N-methyl/N-ethyl adjacent to an activating group) is 1. The van der Waals surface area contributed by atoms with E-state index in [1.807, 2.05) is 73.7 Å². The van der Waals surface area contributed by atoms with Crippen LogP contribution in [0.25, 0.3) is 39.9 Å². The normalized spacial score (nSPS) is 13.6. The van der Waals surface area contributed by atoms with Crippen molar-refractivity contribution in [1.82, 2.24) is 45.4 Å². The first-order chi connectivity index (χ1) is 22.4. The van der Waals surface area contributed by atoms with E-state index in [-0.39, 0.29) is 23.2 Å². The van der Waals surface area contributed by atoms with Crippen LogP contribution in [0, 0.1) is 0 Å². The molecule has 0 atom stereocenters. The third-order valence-electron chi connectivity index (χ3n) is 7.78. The van der Waals surface area contributed by atoms with Crippen molar-refractivity contribution in [1.29, 1.82) is 0 Å². The van der Waals surface area contributed by atoms with Crippen LogP contribution in [-0.2, 0) is 0 Å². The van der Waals surface area contributed by atoms with E-state index >= 15 is 0 Å². The van der Waals surface area contributed by atoms with Crippen LogP contribution in [0.1, 0.15) is 40.2 Å². The maximum atomic E-state index is 12.6. The molecule has 238 valence electrons. The molecule has 0 radical (unpaired) electrons. The minimum absolute atomic E-state index is 0.233. The van der Waals surface area contributed by atoms with Crippen molar-refractivity contribution < 1.29 is 18.4 Å². The summed E-state index contributed by atoms with van der Waals surface area (Å²) in [5.74, 6) is 0.218. The number of carbonyl (C=O) groups is 2. The molecule has 0 saturated carbocycles. The van der Waals surface area contributed by atoms with Gasteiger partial charge in [0.15, 0.2) is 11.4 Å². The zero-order valence-corrected chi connectivity index (χ0v) is 26.0. The Hall–Kier alpha value is -5.14. The molecule has 1 aliphatic rings. The second-order valence-corrected chi connectivity index (χ2v) is 11.5. The van der Waals surface area contributed by atoms with E-state index in [0.29, 0.717) is 30.6 Å². The summed E-state index contributed by atoms with van der Waals surface area (Å²) in [6.07, 6.45) is 8.32. The number of hydrogen-bond donors (Lipinski definition) is 2. The zero-order chi connectivity index (χ0) is 31.9. The number of rotatable bonds is 12. The summed E-state index contributed by atoms with van der Waals surface area (Å²) in [6.45, 7) is 4.87. The van der Waals surface area contributed by atoms with Gasteiger partial charge in [-0.25, -0.2) is 14.6 Å². The molecule has 1 saturated heterocycles. The maximum Gasteiger partial charge on any atom is 0.273 e. The van der Waals surface area contributed by atoms with Crippen LogP contribution in [0.4, 0.5) is 0 Å². The lowest BCUT2D eigenvalue weighted by atomic mass is 10.1. The summed E-state index contributed by atoms with van der Waals surface area (Å²) in [6, 6.07) is 15.0. The SMILES string of the molecule is CN(C)CCNC(=O)c1coc(-c2ccc(-n3cc(-c4ccc(-c5nc(C(=O)NCCN6CCCCC6)co5)cc4)nn3)cc2)n1. The monoisotopic (exact) mass is 623 g/mol. The summed E-state index contributed by atoms with van der Waals surface area (Å²) in [5.41, 5.74) is 4.33. The predicted molar refractivity (Wildman–Crippen MR) is 171 cm³/mol. The van der Waals surface area contributed by atoms with Crippen molar-refractivity contribution in [2.24, 2.45) is 0 Å². The predicted octanol–water partition coefficient (Wildman–Crippen LogP) is 3.75. The molecule has 4 heterocycles. The number of oxazole rings is 2. The Kier molecular flexibility index (Phi) is 9.60. The fourth-order valence-corrected chi connectivity index (χ4v) is 5.17.